The number of anilines is 2. The van der Waals surface area contributed by atoms with E-state index in [4.69, 9.17) is 0 Å². The van der Waals surface area contributed by atoms with Crippen molar-refractivity contribution in [3.8, 4) is 0 Å². The molecule has 134 valence electrons. The summed E-state index contributed by atoms with van der Waals surface area (Å²) in [7, 11) is 3.85. The van der Waals surface area contributed by atoms with E-state index in [1.54, 1.807) is 13.1 Å². The van der Waals surface area contributed by atoms with E-state index in [2.05, 4.69) is 24.8 Å². The minimum Gasteiger partial charge on any atom is -0.370 e. The molecule has 0 aliphatic carbocycles. The monoisotopic (exact) mass is 343 g/mol. The average molecular weight is 343 g/mol. The second kappa shape index (κ2) is 7.50. The van der Waals surface area contributed by atoms with Gasteiger partial charge in [-0.15, -0.1) is 0 Å². The number of aryl methyl sites for hydroxylation is 1. The molecule has 1 amide bonds. The molecule has 1 aliphatic rings. The molecule has 8 heteroatoms. The average Bonchev–Trinajstić information content (AvgIpc) is 3.11. The summed E-state index contributed by atoms with van der Waals surface area (Å²) >= 11 is 0. The Hall–Kier alpha value is -2.64. The normalized spacial score (nSPS) is 13.5. The van der Waals surface area contributed by atoms with Crippen LogP contribution in [0.2, 0.25) is 0 Å². The van der Waals surface area contributed by atoms with Crippen LogP contribution in [0.4, 0.5) is 11.8 Å². The summed E-state index contributed by atoms with van der Waals surface area (Å²) in [6, 6.07) is 0. The Morgan fingerprint density at radius 3 is 2.88 bits per heavy atom. The number of carbonyl (C=O) groups excluding carboxylic acids is 1. The van der Waals surface area contributed by atoms with Gasteiger partial charge in [0.1, 0.15) is 5.82 Å². The minimum atomic E-state index is 0.0884. The van der Waals surface area contributed by atoms with Crippen LogP contribution in [0.3, 0.4) is 0 Å². The van der Waals surface area contributed by atoms with E-state index in [1.165, 1.54) is 0 Å². The highest BCUT2D eigenvalue weighted by atomic mass is 16.2. The SMILES string of the molecule is CC(=O)N1CCc2c(nc(N(C)C)nc2NCCCn2ccnc2)C1. The largest absolute Gasteiger partial charge is 0.370 e. The zero-order chi connectivity index (χ0) is 17.8. The minimum absolute atomic E-state index is 0.0884. The number of hydrogen-bond acceptors (Lipinski definition) is 6. The molecule has 2 aromatic rings. The maximum atomic E-state index is 11.7. The number of carbonyl (C=O) groups is 1. The highest BCUT2D eigenvalue weighted by Crippen LogP contribution is 2.25. The maximum Gasteiger partial charge on any atom is 0.227 e. The van der Waals surface area contributed by atoms with E-state index < -0.39 is 0 Å². The zero-order valence-electron chi connectivity index (χ0n) is 15.1. The quantitative estimate of drug-likeness (QED) is 0.793. The first-order valence-corrected chi connectivity index (χ1v) is 8.57. The molecular weight excluding hydrogens is 318 g/mol. The molecule has 3 rings (SSSR count). The topological polar surface area (TPSA) is 79.2 Å². The van der Waals surface area contributed by atoms with Crippen LogP contribution in [0.25, 0.3) is 0 Å². The summed E-state index contributed by atoms with van der Waals surface area (Å²) in [5.41, 5.74) is 2.07. The molecule has 0 spiro atoms. The fourth-order valence-electron chi connectivity index (χ4n) is 2.92. The Morgan fingerprint density at radius 2 is 2.20 bits per heavy atom. The molecule has 8 nitrogen and oxygen atoms in total. The van der Waals surface area contributed by atoms with Crippen molar-refractivity contribution in [3.63, 3.8) is 0 Å². The Bertz CT molecular complexity index is 727. The van der Waals surface area contributed by atoms with Crippen LogP contribution in [0.15, 0.2) is 18.7 Å². The van der Waals surface area contributed by atoms with E-state index in [1.807, 2.05) is 36.4 Å². The second-order valence-electron chi connectivity index (χ2n) is 6.46. The lowest BCUT2D eigenvalue weighted by Crippen LogP contribution is -2.36. The number of rotatable bonds is 6. The van der Waals surface area contributed by atoms with E-state index in [0.717, 1.165) is 49.6 Å². The fraction of sp³-hybridized carbons (Fsp3) is 0.529. The van der Waals surface area contributed by atoms with Crippen LogP contribution in [0, 0.1) is 0 Å². The molecule has 0 radical (unpaired) electrons. The lowest BCUT2D eigenvalue weighted by atomic mass is 10.1. The van der Waals surface area contributed by atoms with Crippen molar-refractivity contribution in [2.24, 2.45) is 0 Å². The molecule has 0 aromatic carbocycles. The lowest BCUT2D eigenvalue weighted by molar-refractivity contribution is -0.129. The number of hydrogen-bond donors (Lipinski definition) is 1. The number of nitrogens with one attached hydrogen (secondary N) is 1. The highest BCUT2D eigenvalue weighted by molar-refractivity contribution is 5.73. The summed E-state index contributed by atoms with van der Waals surface area (Å²) in [5, 5.41) is 3.46. The third-order valence-corrected chi connectivity index (χ3v) is 4.34. The summed E-state index contributed by atoms with van der Waals surface area (Å²) in [5.74, 6) is 1.65. The Kier molecular flexibility index (Phi) is 5.16. The molecule has 0 bridgehead atoms. The molecule has 1 N–H and O–H groups in total. The van der Waals surface area contributed by atoms with Gasteiger partial charge in [-0.2, -0.15) is 4.98 Å². The van der Waals surface area contributed by atoms with E-state index in [0.29, 0.717) is 12.5 Å². The van der Waals surface area contributed by atoms with Gasteiger partial charge in [-0.25, -0.2) is 9.97 Å². The number of amides is 1. The molecule has 0 atom stereocenters. The standard InChI is InChI=1S/C17H25N7O/c1-13(25)24-9-5-14-15(11-24)20-17(22(2)3)21-16(14)19-6-4-8-23-10-7-18-12-23/h7,10,12H,4-6,8-9,11H2,1-3H3,(H,19,20,21). The lowest BCUT2D eigenvalue weighted by Gasteiger charge is -2.29. The van der Waals surface area contributed by atoms with Crippen LogP contribution in [-0.2, 0) is 24.3 Å². The van der Waals surface area contributed by atoms with Gasteiger partial charge < -0.3 is 19.7 Å². The molecule has 0 fully saturated rings. The molecule has 25 heavy (non-hydrogen) atoms. The third-order valence-electron chi connectivity index (χ3n) is 4.34. The first-order chi connectivity index (χ1) is 12.0. The molecular formula is C17H25N7O. The summed E-state index contributed by atoms with van der Waals surface area (Å²) in [6.07, 6.45) is 7.34. The number of aromatic nitrogens is 4. The first kappa shape index (κ1) is 17.2. The van der Waals surface area contributed by atoms with Crippen molar-refractivity contribution in [1.82, 2.24) is 24.4 Å². The molecule has 0 saturated carbocycles. The van der Waals surface area contributed by atoms with Crippen LogP contribution in [0.1, 0.15) is 24.6 Å². The third kappa shape index (κ3) is 4.07. The Balaban J connectivity index is 1.72. The maximum absolute atomic E-state index is 11.7. The predicted molar refractivity (Wildman–Crippen MR) is 96.5 cm³/mol. The van der Waals surface area contributed by atoms with Gasteiger partial charge in [-0.05, 0) is 12.8 Å². The number of nitrogens with zero attached hydrogens (tertiary/aromatic N) is 6. The zero-order valence-corrected chi connectivity index (χ0v) is 15.1. The van der Waals surface area contributed by atoms with Crippen LogP contribution in [-0.4, -0.2) is 57.5 Å². The van der Waals surface area contributed by atoms with Crippen LogP contribution < -0.4 is 10.2 Å². The van der Waals surface area contributed by atoms with Crippen molar-refractivity contribution in [1.29, 1.82) is 0 Å². The van der Waals surface area contributed by atoms with Gasteiger partial charge in [0.15, 0.2) is 0 Å². The fourth-order valence-corrected chi connectivity index (χ4v) is 2.92. The Morgan fingerprint density at radius 1 is 1.36 bits per heavy atom. The summed E-state index contributed by atoms with van der Waals surface area (Å²) in [4.78, 5) is 28.8. The summed E-state index contributed by atoms with van der Waals surface area (Å²) in [6.45, 7) is 4.62. The predicted octanol–water partition coefficient (Wildman–Crippen LogP) is 1.15. The van der Waals surface area contributed by atoms with E-state index in [-0.39, 0.29) is 5.91 Å². The van der Waals surface area contributed by atoms with Crippen molar-refractivity contribution >= 4 is 17.7 Å². The first-order valence-electron chi connectivity index (χ1n) is 8.57. The number of fused-ring (bicyclic) bond motifs is 1. The van der Waals surface area contributed by atoms with Gasteiger partial charge in [0, 0.05) is 58.6 Å². The molecule has 3 heterocycles. The van der Waals surface area contributed by atoms with Crippen LogP contribution in [0.5, 0.6) is 0 Å². The van der Waals surface area contributed by atoms with Gasteiger partial charge >= 0.3 is 0 Å². The van der Waals surface area contributed by atoms with Crippen LogP contribution >= 0.6 is 0 Å². The van der Waals surface area contributed by atoms with Gasteiger partial charge in [-0.3, -0.25) is 4.79 Å². The van der Waals surface area contributed by atoms with Gasteiger partial charge in [-0.1, -0.05) is 0 Å². The molecule has 2 aromatic heterocycles. The van der Waals surface area contributed by atoms with E-state index >= 15 is 0 Å². The molecule has 0 saturated heterocycles. The molecule has 0 unspecified atom stereocenters. The van der Waals surface area contributed by atoms with Crippen molar-refractivity contribution in [2.75, 3.05) is 37.4 Å². The summed E-state index contributed by atoms with van der Waals surface area (Å²) < 4.78 is 2.06. The van der Waals surface area contributed by atoms with E-state index in [9.17, 15) is 4.79 Å². The van der Waals surface area contributed by atoms with Crippen molar-refractivity contribution in [2.45, 2.75) is 32.9 Å². The van der Waals surface area contributed by atoms with Crippen molar-refractivity contribution < 1.29 is 4.79 Å². The Labute approximate surface area is 147 Å². The van der Waals surface area contributed by atoms with Crippen molar-refractivity contribution in [3.05, 3.63) is 30.0 Å². The number of imidazole rings is 1. The molecule has 1 aliphatic heterocycles. The smallest absolute Gasteiger partial charge is 0.227 e. The van der Waals surface area contributed by atoms with Gasteiger partial charge in [0.2, 0.25) is 11.9 Å². The van der Waals surface area contributed by atoms with Gasteiger partial charge in [0.25, 0.3) is 0 Å². The highest BCUT2D eigenvalue weighted by Gasteiger charge is 2.24. The second-order valence-corrected chi connectivity index (χ2v) is 6.46. The van der Waals surface area contributed by atoms with Gasteiger partial charge in [0.05, 0.1) is 18.6 Å².